The highest BCUT2D eigenvalue weighted by atomic mass is 79.9. The molecule has 0 fully saturated rings. The van der Waals surface area contributed by atoms with Gasteiger partial charge < -0.3 is 4.74 Å². The molecule has 0 saturated carbocycles. The minimum Gasteiger partial charge on any atom is -0.468 e. The van der Waals surface area contributed by atoms with E-state index in [-0.39, 0.29) is 17.8 Å². The Kier molecular flexibility index (Phi) is 6.62. The van der Waals surface area contributed by atoms with Crippen LogP contribution in [0.3, 0.4) is 0 Å². The van der Waals surface area contributed by atoms with Crippen molar-refractivity contribution in [2.45, 2.75) is 39.3 Å². The van der Waals surface area contributed by atoms with Gasteiger partial charge in [0.25, 0.3) is 0 Å². The Labute approximate surface area is 128 Å². The van der Waals surface area contributed by atoms with E-state index < -0.39 is 6.04 Å². The lowest BCUT2D eigenvalue weighted by molar-refractivity contribution is -0.143. The summed E-state index contributed by atoms with van der Waals surface area (Å²) < 4.78 is 19.4. The number of halogens is 2. The summed E-state index contributed by atoms with van der Waals surface area (Å²) >= 11 is 3.33. The Hall–Kier alpha value is -0.940. The lowest BCUT2D eigenvalue weighted by atomic mass is 10.0. The van der Waals surface area contributed by atoms with Gasteiger partial charge in [-0.1, -0.05) is 29.8 Å². The Morgan fingerprint density at radius 2 is 2.05 bits per heavy atom. The first kappa shape index (κ1) is 17.1. The predicted octanol–water partition coefficient (Wildman–Crippen LogP) is 3.83. The van der Waals surface area contributed by atoms with Crippen molar-refractivity contribution in [1.82, 2.24) is 5.32 Å². The Morgan fingerprint density at radius 3 is 2.60 bits per heavy atom. The van der Waals surface area contributed by atoms with Gasteiger partial charge >= 0.3 is 5.97 Å². The molecule has 112 valence electrons. The molecule has 1 rings (SSSR count). The van der Waals surface area contributed by atoms with Crippen molar-refractivity contribution in [2.24, 2.45) is 5.92 Å². The average molecular weight is 346 g/mol. The molecular weight excluding hydrogens is 325 g/mol. The molecule has 0 aromatic heterocycles. The van der Waals surface area contributed by atoms with Crippen LogP contribution in [-0.4, -0.2) is 19.1 Å². The highest BCUT2D eigenvalue weighted by Gasteiger charge is 2.23. The van der Waals surface area contributed by atoms with Crippen LogP contribution in [0.4, 0.5) is 4.39 Å². The third-order valence-electron chi connectivity index (χ3n) is 3.07. The van der Waals surface area contributed by atoms with Crippen molar-refractivity contribution in [2.75, 3.05) is 7.11 Å². The summed E-state index contributed by atoms with van der Waals surface area (Å²) in [5, 5.41) is 3.15. The first-order valence-corrected chi connectivity index (χ1v) is 7.43. The van der Waals surface area contributed by atoms with Crippen LogP contribution < -0.4 is 5.32 Å². The molecule has 0 bridgehead atoms. The molecule has 3 nitrogen and oxygen atoms in total. The summed E-state index contributed by atoms with van der Waals surface area (Å²) in [6.45, 7) is 5.89. The third-order valence-corrected chi connectivity index (χ3v) is 3.56. The fourth-order valence-corrected chi connectivity index (χ4v) is 2.46. The largest absolute Gasteiger partial charge is 0.468 e. The molecule has 0 saturated heterocycles. The van der Waals surface area contributed by atoms with Gasteiger partial charge in [-0.25, -0.2) is 4.39 Å². The van der Waals surface area contributed by atoms with E-state index in [9.17, 15) is 9.18 Å². The molecule has 0 radical (unpaired) electrons. The number of esters is 1. The normalized spacial score (nSPS) is 14.2. The van der Waals surface area contributed by atoms with Crippen molar-refractivity contribution < 1.29 is 13.9 Å². The number of methoxy groups -OCH3 is 1. The molecule has 1 aromatic rings. The molecule has 5 heteroatoms. The molecule has 0 aliphatic carbocycles. The fourth-order valence-electron chi connectivity index (χ4n) is 2.08. The van der Waals surface area contributed by atoms with E-state index >= 15 is 0 Å². The van der Waals surface area contributed by atoms with Crippen LogP contribution in [0.2, 0.25) is 0 Å². The van der Waals surface area contributed by atoms with Gasteiger partial charge in [0.05, 0.1) is 7.11 Å². The van der Waals surface area contributed by atoms with Crippen LogP contribution >= 0.6 is 15.9 Å². The predicted molar refractivity (Wildman–Crippen MR) is 80.9 cm³/mol. The zero-order chi connectivity index (χ0) is 15.3. The SMILES string of the molecule is COC(=O)C(CC(C)C)NC(C)c1cc(Br)ccc1F. The number of carbonyl (C=O) groups excluding carboxylic acids is 1. The quantitative estimate of drug-likeness (QED) is 0.796. The van der Waals surface area contributed by atoms with E-state index in [4.69, 9.17) is 4.74 Å². The molecule has 1 N–H and O–H groups in total. The van der Waals surface area contributed by atoms with E-state index in [1.807, 2.05) is 20.8 Å². The van der Waals surface area contributed by atoms with Crippen LogP contribution in [0, 0.1) is 11.7 Å². The molecule has 0 aliphatic rings. The maximum absolute atomic E-state index is 13.8. The summed E-state index contributed by atoms with van der Waals surface area (Å²) in [6.07, 6.45) is 0.645. The van der Waals surface area contributed by atoms with Crippen molar-refractivity contribution in [3.05, 3.63) is 34.1 Å². The van der Waals surface area contributed by atoms with Crippen molar-refractivity contribution in [1.29, 1.82) is 0 Å². The lowest BCUT2D eigenvalue weighted by Gasteiger charge is -2.23. The summed E-state index contributed by atoms with van der Waals surface area (Å²) in [6, 6.07) is 4.06. The molecule has 0 aliphatic heterocycles. The zero-order valence-electron chi connectivity index (χ0n) is 12.2. The Bertz CT molecular complexity index is 465. The van der Waals surface area contributed by atoms with Gasteiger partial charge in [-0.2, -0.15) is 0 Å². The Morgan fingerprint density at radius 1 is 1.40 bits per heavy atom. The molecule has 2 unspecified atom stereocenters. The average Bonchev–Trinajstić information content (AvgIpc) is 2.39. The first-order chi connectivity index (χ1) is 9.35. The second-order valence-corrected chi connectivity index (χ2v) is 6.18. The van der Waals surface area contributed by atoms with E-state index in [0.717, 1.165) is 4.47 Å². The maximum Gasteiger partial charge on any atom is 0.322 e. The monoisotopic (exact) mass is 345 g/mol. The molecule has 0 amide bonds. The molecule has 0 spiro atoms. The van der Waals surface area contributed by atoms with Crippen molar-refractivity contribution >= 4 is 21.9 Å². The number of carbonyl (C=O) groups is 1. The smallest absolute Gasteiger partial charge is 0.322 e. The molecule has 2 atom stereocenters. The summed E-state index contributed by atoms with van der Waals surface area (Å²) in [7, 11) is 1.36. The standard InChI is InChI=1S/C15H21BrFNO2/c1-9(2)7-14(15(19)20-4)18-10(3)12-8-11(16)5-6-13(12)17/h5-6,8-10,14,18H,7H2,1-4H3. The van der Waals surface area contributed by atoms with Gasteiger partial charge in [-0.05, 0) is 37.5 Å². The highest BCUT2D eigenvalue weighted by Crippen LogP contribution is 2.22. The van der Waals surface area contributed by atoms with Crippen LogP contribution in [0.15, 0.2) is 22.7 Å². The number of ether oxygens (including phenoxy) is 1. The van der Waals surface area contributed by atoms with Crippen molar-refractivity contribution in [3.8, 4) is 0 Å². The van der Waals surface area contributed by atoms with Gasteiger partial charge in [0.1, 0.15) is 11.9 Å². The molecular formula is C15H21BrFNO2. The van der Waals surface area contributed by atoms with Crippen LogP contribution in [0.5, 0.6) is 0 Å². The van der Waals surface area contributed by atoms with Gasteiger partial charge in [-0.3, -0.25) is 10.1 Å². The number of benzene rings is 1. The second-order valence-electron chi connectivity index (χ2n) is 5.26. The van der Waals surface area contributed by atoms with E-state index in [0.29, 0.717) is 17.9 Å². The van der Waals surface area contributed by atoms with Crippen LogP contribution in [0.25, 0.3) is 0 Å². The van der Waals surface area contributed by atoms with Gasteiger partial charge in [0.2, 0.25) is 0 Å². The summed E-state index contributed by atoms with van der Waals surface area (Å²) in [5.41, 5.74) is 0.525. The maximum atomic E-state index is 13.8. The topological polar surface area (TPSA) is 38.3 Å². The van der Waals surface area contributed by atoms with Crippen LogP contribution in [0.1, 0.15) is 38.8 Å². The first-order valence-electron chi connectivity index (χ1n) is 6.64. The lowest BCUT2D eigenvalue weighted by Crippen LogP contribution is -2.40. The van der Waals surface area contributed by atoms with Gasteiger partial charge in [0, 0.05) is 16.1 Å². The van der Waals surface area contributed by atoms with E-state index in [1.165, 1.54) is 13.2 Å². The summed E-state index contributed by atoms with van der Waals surface area (Å²) in [4.78, 5) is 11.8. The highest BCUT2D eigenvalue weighted by molar-refractivity contribution is 9.10. The summed E-state index contributed by atoms with van der Waals surface area (Å²) in [5.74, 6) is -0.270. The minimum absolute atomic E-state index is 0.282. The van der Waals surface area contributed by atoms with Crippen LogP contribution in [-0.2, 0) is 9.53 Å². The van der Waals surface area contributed by atoms with Crippen molar-refractivity contribution in [3.63, 3.8) is 0 Å². The Balaban J connectivity index is 2.86. The minimum atomic E-state index is -0.437. The van der Waals surface area contributed by atoms with E-state index in [1.54, 1.807) is 12.1 Å². The molecule has 20 heavy (non-hydrogen) atoms. The number of rotatable bonds is 6. The number of hydrogen-bond acceptors (Lipinski definition) is 3. The number of hydrogen-bond donors (Lipinski definition) is 1. The van der Waals surface area contributed by atoms with Gasteiger partial charge in [0.15, 0.2) is 0 Å². The molecule has 1 aromatic carbocycles. The molecule has 0 heterocycles. The third kappa shape index (κ3) is 4.87. The van der Waals surface area contributed by atoms with Gasteiger partial charge in [-0.15, -0.1) is 0 Å². The fraction of sp³-hybridized carbons (Fsp3) is 0.533. The zero-order valence-corrected chi connectivity index (χ0v) is 13.8. The second kappa shape index (κ2) is 7.74. The number of nitrogens with one attached hydrogen (secondary N) is 1. The van der Waals surface area contributed by atoms with E-state index in [2.05, 4.69) is 21.2 Å².